The van der Waals surface area contributed by atoms with Crippen LogP contribution < -0.4 is 0 Å². The van der Waals surface area contributed by atoms with Crippen LogP contribution in [0.1, 0.15) is 12.0 Å². The number of rotatable bonds is 1. The SMILES string of the molecule is C1=CC2=C(c3ccc4c(c3)[nH]c3ccccc34)C=CCC2C=C1. The fraction of sp³-hybridized carbons (Fsp3) is 0.0909. The van der Waals surface area contributed by atoms with Gasteiger partial charge in [-0.05, 0) is 35.3 Å². The van der Waals surface area contributed by atoms with Crippen LogP contribution in [-0.2, 0) is 0 Å². The first-order chi connectivity index (χ1) is 11.4. The number of benzene rings is 2. The van der Waals surface area contributed by atoms with Gasteiger partial charge in [-0.3, -0.25) is 0 Å². The van der Waals surface area contributed by atoms with Crippen LogP contribution in [0.25, 0.3) is 27.4 Å². The molecule has 2 aromatic carbocycles. The minimum Gasteiger partial charge on any atom is -0.354 e. The van der Waals surface area contributed by atoms with E-state index in [4.69, 9.17) is 0 Å². The van der Waals surface area contributed by atoms with E-state index in [-0.39, 0.29) is 0 Å². The van der Waals surface area contributed by atoms with Gasteiger partial charge in [0, 0.05) is 27.7 Å². The number of hydrogen-bond donors (Lipinski definition) is 1. The average molecular weight is 295 g/mol. The second kappa shape index (κ2) is 4.85. The molecule has 110 valence electrons. The summed E-state index contributed by atoms with van der Waals surface area (Å²) in [7, 11) is 0. The quantitative estimate of drug-likeness (QED) is 0.586. The lowest BCUT2D eigenvalue weighted by Crippen LogP contribution is -2.06. The van der Waals surface area contributed by atoms with Gasteiger partial charge in [-0.1, -0.05) is 66.8 Å². The van der Waals surface area contributed by atoms with Gasteiger partial charge in [0.1, 0.15) is 0 Å². The third kappa shape index (κ3) is 1.93. The predicted molar refractivity (Wildman–Crippen MR) is 98.3 cm³/mol. The van der Waals surface area contributed by atoms with Gasteiger partial charge in [0.2, 0.25) is 0 Å². The molecular formula is C22H17N. The Bertz CT molecular complexity index is 1040. The fourth-order valence-corrected chi connectivity index (χ4v) is 3.79. The molecule has 0 saturated carbocycles. The average Bonchev–Trinajstić information content (AvgIpc) is 2.99. The summed E-state index contributed by atoms with van der Waals surface area (Å²) >= 11 is 0. The second-order valence-electron chi connectivity index (χ2n) is 6.29. The molecule has 2 aliphatic rings. The van der Waals surface area contributed by atoms with Crippen LogP contribution in [0.2, 0.25) is 0 Å². The Kier molecular flexibility index (Phi) is 2.68. The van der Waals surface area contributed by atoms with Gasteiger partial charge in [-0.25, -0.2) is 0 Å². The summed E-state index contributed by atoms with van der Waals surface area (Å²) in [5.74, 6) is 0.526. The molecule has 0 aliphatic heterocycles. The van der Waals surface area contributed by atoms with E-state index in [1.165, 1.54) is 38.5 Å². The summed E-state index contributed by atoms with van der Waals surface area (Å²) in [6, 6.07) is 15.3. The smallest absolute Gasteiger partial charge is 0.0471 e. The minimum absolute atomic E-state index is 0.526. The Morgan fingerprint density at radius 1 is 0.870 bits per heavy atom. The molecule has 1 unspecified atom stereocenters. The van der Waals surface area contributed by atoms with E-state index < -0.39 is 0 Å². The first-order valence-electron chi connectivity index (χ1n) is 8.16. The normalized spacial score (nSPS) is 19.7. The molecule has 0 bridgehead atoms. The van der Waals surface area contributed by atoms with Crippen LogP contribution in [0.3, 0.4) is 0 Å². The maximum Gasteiger partial charge on any atom is 0.0471 e. The number of fused-ring (bicyclic) bond motifs is 4. The lowest BCUT2D eigenvalue weighted by molar-refractivity contribution is 0.784. The highest BCUT2D eigenvalue weighted by atomic mass is 14.7. The van der Waals surface area contributed by atoms with Gasteiger partial charge < -0.3 is 4.98 Å². The number of aromatic amines is 1. The largest absolute Gasteiger partial charge is 0.354 e. The Morgan fingerprint density at radius 3 is 2.78 bits per heavy atom. The number of para-hydroxylation sites is 1. The van der Waals surface area contributed by atoms with Crippen molar-refractivity contribution in [3.8, 4) is 0 Å². The topological polar surface area (TPSA) is 15.8 Å². The molecule has 0 spiro atoms. The van der Waals surface area contributed by atoms with Crippen LogP contribution in [0.4, 0.5) is 0 Å². The second-order valence-corrected chi connectivity index (χ2v) is 6.29. The van der Waals surface area contributed by atoms with Crippen LogP contribution in [0.5, 0.6) is 0 Å². The highest BCUT2D eigenvalue weighted by molar-refractivity contribution is 6.08. The van der Waals surface area contributed by atoms with Crippen molar-refractivity contribution in [2.45, 2.75) is 6.42 Å². The van der Waals surface area contributed by atoms with Crippen LogP contribution in [0, 0.1) is 5.92 Å². The van der Waals surface area contributed by atoms with E-state index in [1.807, 2.05) is 0 Å². The maximum absolute atomic E-state index is 3.55. The number of hydrogen-bond acceptors (Lipinski definition) is 0. The lowest BCUT2D eigenvalue weighted by atomic mass is 9.82. The molecule has 0 radical (unpaired) electrons. The predicted octanol–water partition coefficient (Wildman–Crippen LogP) is 5.78. The van der Waals surface area contributed by atoms with Crippen molar-refractivity contribution >= 4 is 27.4 Å². The maximum atomic E-state index is 3.55. The Morgan fingerprint density at radius 2 is 1.78 bits per heavy atom. The van der Waals surface area contributed by atoms with E-state index >= 15 is 0 Å². The molecule has 0 fully saturated rings. The number of nitrogens with one attached hydrogen (secondary N) is 1. The molecule has 1 heterocycles. The monoisotopic (exact) mass is 295 g/mol. The molecule has 1 aromatic heterocycles. The molecule has 5 rings (SSSR count). The van der Waals surface area contributed by atoms with Crippen molar-refractivity contribution in [3.63, 3.8) is 0 Å². The highest BCUT2D eigenvalue weighted by Gasteiger charge is 2.18. The van der Waals surface area contributed by atoms with Crippen molar-refractivity contribution in [1.82, 2.24) is 4.98 Å². The fourth-order valence-electron chi connectivity index (χ4n) is 3.79. The van der Waals surface area contributed by atoms with Crippen molar-refractivity contribution in [1.29, 1.82) is 0 Å². The summed E-state index contributed by atoms with van der Waals surface area (Å²) in [5, 5.41) is 2.59. The van der Waals surface area contributed by atoms with Crippen molar-refractivity contribution in [2.75, 3.05) is 0 Å². The molecule has 3 aromatic rings. The summed E-state index contributed by atoms with van der Waals surface area (Å²) in [4.78, 5) is 3.55. The van der Waals surface area contributed by atoms with Gasteiger partial charge in [0.05, 0.1) is 0 Å². The summed E-state index contributed by atoms with van der Waals surface area (Å²) in [6.45, 7) is 0. The zero-order chi connectivity index (χ0) is 15.2. The van der Waals surface area contributed by atoms with E-state index in [0.717, 1.165) is 6.42 Å². The van der Waals surface area contributed by atoms with Gasteiger partial charge >= 0.3 is 0 Å². The van der Waals surface area contributed by atoms with Crippen LogP contribution >= 0.6 is 0 Å². The zero-order valence-corrected chi connectivity index (χ0v) is 12.8. The summed E-state index contributed by atoms with van der Waals surface area (Å²) in [5.41, 5.74) is 6.49. The highest BCUT2D eigenvalue weighted by Crippen LogP contribution is 2.36. The molecule has 1 nitrogen and oxygen atoms in total. The van der Waals surface area contributed by atoms with Crippen molar-refractivity contribution < 1.29 is 0 Å². The number of allylic oxidation sites excluding steroid dienone is 8. The van der Waals surface area contributed by atoms with Crippen LogP contribution in [0.15, 0.2) is 84.5 Å². The Hall–Kier alpha value is -2.80. The third-order valence-corrected chi connectivity index (χ3v) is 4.93. The van der Waals surface area contributed by atoms with Gasteiger partial charge in [-0.2, -0.15) is 0 Å². The molecule has 1 N–H and O–H groups in total. The van der Waals surface area contributed by atoms with E-state index in [1.54, 1.807) is 0 Å². The molecule has 23 heavy (non-hydrogen) atoms. The Balaban J connectivity index is 1.73. The third-order valence-electron chi connectivity index (χ3n) is 4.93. The Labute approximate surface area is 135 Å². The van der Waals surface area contributed by atoms with E-state index in [2.05, 4.69) is 83.9 Å². The van der Waals surface area contributed by atoms with Gasteiger partial charge in [0.25, 0.3) is 0 Å². The van der Waals surface area contributed by atoms with Crippen LogP contribution in [-0.4, -0.2) is 4.98 Å². The lowest BCUT2D eigenvalue weighted by Gasteiger charge is -2.22. The molecule has 1 atom stereocenters. The van der Waals surface area contributed by atoms with Crippen molar-refractivity contribution in [3.05, 3.63) is 90.1 Å². The van der Waals surface area contributed by atoms with Crippen molar-refractivity contribution in [2.24, 2.45) is 5.92 Å². The molecular weight excluding hydrogens is 278 g/mol. The molecule has 1 heteroatoms. The molecule has 0 amide bonds. The summed E-state index contributed by atoms with van der Waals surface area (Å²) in [6.07, 6.45) is 14.5. The van der Waals surface area contributed by atoms with E-state index in [9.17, 15) is 0 Å². The standard InChI is InChI=1S/C22H17N/c1-2-8-17-15(6-1)7-5-10-18(17)16-12-13-20-19-9-3-4-11-21(19)23-22(20)14-16/h1-6,8-15,23H,7H2. The van der Waals surface area contributed by atoms with Gasteiger partial charge in [0.15, 0.2) is 0 Å². The van der Waals surface area contributed by atoms with E-state index in [0.29, 0.717) is 5.92 Å². The minimum atomic E-state index is 0.526. The first-order valence-corrected chi connectivity index (χ1v) is 8.16. The summed E-state index contributed by atoms with van der Waals surface area (Å²) < 4.78 is 0. The first kappa shape index (κ1) is 12.7. The number of H-pyrrole nitrogens is 1. The van der Waals surface area contributed by atoms with Gasteiger partial charge in [-0.15, -0.1) is 0 Å². The molecule has 0 saturated heterocycles. The number of aromatic nitrogens is 1. The molecule has 2 aliphatic carbocycles. The zero-order valence-electron chi connectivity index (χ0n) is 12.8.